The number of nitrogens with zero attached hydrogens (tertiary/aromatic N) is 4. The Balaban J connectivity index is 1.43. The molecule has 166 valence electrons. The van der Waals surface area contributed by atoms with Gasteiger partial charge in [-0.2, -0.15) is 4.98 Å². The van der Waals surface area contributed by atoms with Gasteiger partial charge in [0.25, 0.3) is 11.6 Å². The third-order valence-electron chi connectivity index (χ3n) is 5.06. The molecule has 4 heterocycles. The Morgan fingerprint density at radius 2 is 1.85 bits per heavy atom. The maximum Gasteiger partial charge on any atom is 0.339 e. The third kappa shape index (κ3) is 3.87. The molecule has 0 saturated heterocycles. The molecule has 0 amide bonds. The van der Waals surface area contributed by atoms with Crippen molar-refractivity contribution in [3.63, 3.8) is 0 Å². The molecule has 0 bridgehead atoms. The van der Waals surface area contributed by atoms with Gasteiger partial charge in [0.05, 0.1) is 32.9 Å². The van der Waals surface area contributed by atoms with Crippen LogP contribution in [0.1, 0.15) is 33.4 Å². The molecule has 33 heavy (non-hydrogen) atoms. The predicted octanol–water partition coefficient (Wildman–Crippen LogP) is 5.47. The summed E-state index contributed by atoms with van der Waals surface area (Å²) in [7, 11) is 0. The van der Waals surface area contributed by atoms with Gasteiger partial charge < -0.3 is 18.2 Å². The van der Waals surface area contributed by atoms with Gasteiger partial charge >= 0.3 is 5.97 Å². The summed E-state index contributed by atoms with van der Waals surface area (Å²) in [6, 6.07) is 10.6. The van der Waals surface area contributed by atoms with E-state index in [-0.39, 0.29) is 29.6 Å². The number of rotatable bonds is 5. The molecule has 5 rings (SSSR count). The topological polar surface area (TPSA) is 117 Å². The van der Waals surface area contributed by atoms with Gasteiger partial charge in [0.1, 0.15) is 11.5 Å². The van der Waals surface area contributed by atoms with Gasteiger partial charge in [0.15, 0.2) is 6.61 Å². The fourth-order valence-corrected chi connectivity index (χ4v) is 3.76. The van der Waals surface area contributed by atoms with Gasteiger partial charge in [-0.15, -0.1) is 0 Å². The molecule has 0 unspecified atom stereocenters. The number of hydrogen-bond acceptors (Lipinski definition) is 9. The maximum absolute atomic E-state index is 13.0. The van der Waals surface area contributed by atoms with E-state index in [4.69, 9.17) is 29.8 Å². The minimum Gasteiger partial charge on any atom is -0.466 e. The number of pyridine rings is 1. The monoisotopic (exact) mass is 464 g/mol. The van der Waals surface area contributed by atoms with Crippen molar-refractivity contribution in [2.24, 2.45) is 0 Å². The molecule has 1 aromatic carbocycles. The smallest absolute Gasteiger partial charge is 0.339 e. The molecule has 0 fully saturated rings. The fourth-order valence-electron chi connectivity index (χ4n) is 3.54. The van der Waals surface area contributed by atoms with Crippen LogP contribution in [0.5, 0.6) is 0 Å². The zero-order valence-corrected chi connectivity index (χ0v) is 18.6. The molecular formula is C23H17ClN4O5. The van der Waals surface area contributed by atoms with Crippen molar-refractivity contribution in [3.8, 4) is 22.7 Å². The third-order valence-corrected chi connectivity index (χ3v) is 5.39. The fraction of sp³-hybridized carbons (Fsp3) is 0.174. The highest BCUT2D eigenvalue weighted by Gasteiger charge is 2.23. The highest BCUT2D eigenvalue weighted by atomic mass is 35.5. The normalized spacial score (nSPS) is 11.3. The average molecular weight is 465 g/mol. The molecular weight excluding hydrogens is 448 g/mol. The van der Waals surface area contributed by atoms with Gasteiger partial charge in [-0.05, 0) is 45.0 Å². The van der Waals surface area contributed by atoms with Crippen molar-refractivity contribution in [2.75, 3.05) is 0 Å². The van der Waals surface area contributed by atoms with Crippen molar-refractivity contribution in [1.82, 2.24) is 20.3 Å². The summed E-state index contributed by atoms with van der Waals surface area (Å²) >= 11 is 6.17. The van der Waals surface area contributed by atoms with Gasteiger partial charge in [-0.1, -0.05) is 34.0 Å². The summed E-state index contributed by atoms with van der Waals surface area (Å²) in [6.07, 6.45) is 0. The Morgan fingerprint density at radius 1 is 1.03 bits per heavy atom. The Kier molecular flexibility index (Phi) is 5.18. The van der Waals surface area contributed by atoms with E-state index in [2.05, 4.69) is 20.3 Å². The van der Waals surface area contributed by atoms with E-state index in [9.17, 15) is 4.79 Å². The quantitative estimate of drug-likeness (QED) is 0.312. The summed E-state index contributed by atoms with van der Waals surface area (Å²) in [5.41, 5.74) is 2.88. The molecule has 0 N–H and O–H groups in total. The molecule has 0 aliphatic rings. The SMILES string of the molecule is Cc1cc(-c2cc(C(=O)OCc3noc(-c4ccccc4Cl)n3)c3c(C)noc3n2)c(C)o1. The van der Waals surface area contributed by atoms with Gasteiger partial charge in [-0.3, -0.25) is 0 Å². The number of carbonyl (C=O) groups excluding carboxylic acids is 1. The number of esters is 1. The lowest BCUT2D eigenvalue weighted by Gasteiger charge is -2.06. The highest BCUT2D eigenvalue weighted by molar-refractivity contribution is 6.33. The lowest BCUT2D eigenvalue weighted by molar-refractivity contribution is 0.0462. The van der Waals surface area contributed by atoms with Crippen LogP contribution < -0.4 is 0 Å². The molecule has 9 nitrogen and oxygen atoms in total. The number of aromatic nitrogens is 4. The number of halogens is 1. The molecule has 0 radical (unpaired) electrons. The number of ether oxygens (including phenoxy) is 1. The molecule has 0 aliphatic heterocycles. The van der Waals surface area contributed by atoms with Crippen LogP contribution >= 0.6 is 11.6 Å². The zero-order valence-electron chi connectivity index (χ0n) is 17.9. The summed E-state index contributed by atoms with van der Waals surface area (Å²) in [5.74, 6) is 1.24. The molecule has 5 aromatic rings. The number of hydrogen-bond donors (Lipinski definition) is 0. The van der Waals surface area contributed by atoms with Crippen molar-refractivity contribution in [2.45, 2.75) is 27.4 Å². The van der Waals surface area contributed by atoms with E-state index < -0.39 is 5.97 Å². The number of fused-ring (bicyclic) bond motifs is 1. The lowest BCUT2D eigenvalue weighted by atomic mass is 10.1. The van der Waals surface area contributed by atoms with Crippen LogP contribution in [-0.2, 0) is 11.3 Å². The van der Waals surface area contributed by atoms with E-state index in [1.807, 2.05) is 26.0 Å². The maximum atomic E-state index is 13.0. The Labute approximate surface area is 192 Å². The van der Waals surface area contributed by atoms with E-state index in [0.717, 1.165) is 11.3 Å². The Morgan fingerprint density at radius 3 is 2.61 bits per heavy atom. The van der Waals surface area contributed by atoms with Crippen molar-refractivity contribution >= 4 is 28.7 Å². The van der Waals surface area contributed by atoms with Crippen LogP contribution in [0.4, 0.5) is 0 Å². The second-order valence-corrected chi connectivity index (χ2v) is 7.81. The van der Waals surface area contributed by atoms with Gasteiger partial charge in [0.2, 0.25) is 5.82 Å². The Hall–Kier alpha value is -3.98. The summed E-state index contributed by atoms with van der Waals surface area (Å²) in [5, 5.41) is 8.77. The largest absolute Gasteiger partial charge is 0.466 e. The summed E-state index contributed by atoms with van der Waals surface area (Å²) in [6.45, 7) is 5.20. The molecule has 0 spiro atoms. The average Bonchev–Trinajstić information content (AvgIpc) is 3.50. The first kappa shape index (κ1) is 20.9. The lowest BCUT2D eigenvalue weighted by Crippen LogP contribution is -2.08. The number of carbonyl (C=O) groups is 1. The Bertz CT molecular complexity index is 1500. The standard InChI is InChI=1S/C23H17ClN4O5/c1-11-8-15(13(3)31-11)18-9-16(20-12(2)27-33-22(20)25-18)23(29)30-10-19-26-21(32-28-19)14-6-4-5-7-17(14)24/h4-9H,10H2,1-3H3. The second kappa shape index (κ2) is 8.18. The van der Waals surface area contributed by atoms with Crippen molar-refractivity contribution in [1.29, 1.82) is 0 Å². The van der Waals surface area contributed by atoms with Gasteiger partial charge in [0, 0.05) is 5.56 Å². The highest BCUT2D eigenvalue weighted by Crippen LogP contribution is 2.31. The molecule has 0 aliphatic carbocycles. The van der Waals surface area contributed by atoms with Crippen LogP contribution in [0.15, 0.2) is 49.9 Å². The molecule has 4 aromatic heterocycles. The summed E-state index contributed by atoms with van der Waals surface area (Å²) < 4.78 is 21.7. The summed E-state index contributed by atoms with van der Waals surface area (Å²) in [4.78, 5) is 21.8. The van der Waals surface area contributed by atoms with Crippen LogP contribution in [-0.4, -0.2) is 26.3 Å². The molecule has 10 heteroatoms. The number of furan rings is 1. The zero-order chi connectivity index (χ0) is 23.1. The number of benzene rings is 1. The van der Waals surface area contributed by atoms with E-state index >= 15 is 0 Å². The predicted molar refractivity (Wildman–Crippen MR) is 118 cm³/mol. The second-order valence-electron chi connectivity index (χ2n) is 7.40. The van der Waals surface area contributed by atoms with Crippen LogP contribution in [0.2, 0.25) is 5.02 Å². The molecule has 0 atom stereocenters. The van der Waals surface area contributed by atoms with Crippen LogP contribution in [0.25, 0.3) is 33.8 Å². The first-order valence-electron chi connectivity index (χ1n) is 9.99. The molecule has 0 saturated carbocycles. The number of aryl methyl sites for hydroxylation is 3. The van der Waals surface area contributed by atoms with Crippen molar-refractivity contribution in [3.05, 3.63) is 70.0 Å². The first-order valence-corrected chi connectivity index (χ1v) is 10.4. The minimum atomic E-state index is -0.600. The first-order chi connectivity index (χ1) is 15.9. The van der Waals surface area contributed by atoms with E-state index in [0.29, 0.717) is 33.1 Å². The van der Waals surface area contributed by atoms with E-state index in [1.54, 1.807) is 31.2 Å². The van der Waals surface area contributed by atoms with Crippen molar-refractivity contribution < 1.29 is 23.0 Å². The van der Waals surface area contributed by atoms with Crippen LogP contribution in [0.3, 0.4) is 0 Å². The minimum absolute atomic E-state index is 0.194. The van der Waals surface area contributed by atoms with E-state index in [1.165, 1.54) is 0 Å². The van der Waals surface area contributed by atoms with Gasteiger partial charge in [-0.25, -0.2) is 9.78 Å². The van der Waals surface area contributed by atoms with Crippen LogP contribution in [0, 0.1) is 20.8 Å².